The van der Waals surface area contributed by atoms with Gasteiger partial charge in [-0.3, -0.25) is 4.79 Å². The van der Waals surface area contributed by atoms with E-state index >= 15 is 0 Å². The summed E-state index contributed by atoms with van der Waals surface area (Å²) in [6, 6.07) is 10.9. The van der Waals surface area contributed by atoms with Crippen molar-refractivity contribution >= 4 is 18.0 Å². The van der Waals surface area contributed by atoms with Crippen LogP contribution in [0.4, 0.5) is 0 Å². The van der Waals surface area contributed by atoms with Crippen LogP contribution in [0.5, 0.6) is 0 Å². The number of amides is 1. The van der Waals surface area contributed by atoms with Crippen LogP contribution in [0.1, 0.15) is 21.6 Å². The summed E-state index contributed by atoms with van der Waals surface area (Å²) in [6.07, 6.45) is 4.43. The Balaban J connectivity index is 1.93. The lowest BCUT2D eigenvalue weighted by Gasteiger charge is -2.06. The molecule has 0 atom stereocenters. The number of carbonyl (C=O) groups is 2. The van der Waals surface area contributed by atoms with E-state index in [0.717, 1.165) is 17.2 Å². The highest BCUT2D eigenvalue weighted by molar-refractivity contribution is 5.92. The molecule has 5 heteroatoms. The van der Waals surface area contributed by atoms with Crippen molar-refractivity contribution in [3.63, 3.8) is 0 Å². The Morgan fingerprint density at radius 1 is 1.24 bits per heavy atom. The maximum atomic E-state index is 11.9. The molecule has 0 fully saturated rings. The fourth-order valence-electron chi connectivity index (χ4n) is 1.88. The lowest BCUT2D eigenvalue weighted by Crippen LogP contribution is -2.24. The lowest BCUT2D eigenvalue weighted by molar-refractivity contribution is -0.131. The van der Waals surface area contributed by atoms with Gasteiger partial charge >= 0.3 is 5.97 Å². The average Bonchev–Trinajstić information content (AvgIpc) is 2.90. The van der Waals surface area contributed by atoms with Gasteiger partial charge in [0.25, 0.3) is 5.91 Å². The van der Waals surface area contributed by atoms with Crippen molar-refractivity contribution in [2.75, 3.05) is 0 Å². The number of carboxylic acids is 1. The Kier molecular flexibility index (Phi) is 4.56. The summed E-state index contributed by atoms with van der Waals surface area (Å²) in [6.45, 7) is 0.424. The third-order valence-electron chi connectivity index (χ3n) is 3.03. The van der Waals surface area contributed by atoms with Gasteiger partial charge in [-0.1, -0.05) is 24.3 Å². The molecule has 2 N–H and O–H groups in total. The van der Waals surface area contributed by atoms with Crippen LogP contribution < -0.4 is 5.32 Å². The Morgan fingerprint density at radius 2 is 1.95 bits per heavy atom. The standard InChI is InChI=1S/C16H16N2O3/c1-18-10-2-3-14(18)16(21)17-11-13-6-4-12(5-7-13)8-9-15(19)20/h2-10H,11H2,1H3,(H,17,21)(H,19,20). The first-order chi connectivity index (χ1) is 10.1. The molecule has 5 nitrogen and oxygen atoms in total. The summed E-state index contributed by atoms with van der Waals surface area (Å²) in [5, 5.41) is 11.4. The molecule has 0 saturated heterocycles. The zero-order chi connectivity index (χ0) is 15.2. The van der Waals surface area contributed by atoms with Gasteiger partial charge in [0.05, 0.1) is 0 Å². The summed E-state index contributed by atoms with van der Waals surface area (Å²) in [7, 11) is 1.82. The molecule has 108 valence electrons. The minimum absolute atomic E-state index is 0.127. The van der Waals surface area contributed by atoms with Crippen LogP contribution in [0.2, 0.25) is 0 Å². The van der Waals surface area contributed by atoms with Crippen LogP contribution in [0, 0.1) is 0 Å². The third-order valence-corrected chi connectivity index (χ3v) is 3.03. The number of nitrogens with zero attached hydrogens (tertiary/aromatic N) is 1. The van der Waals surface area contributed by atoms with Gasteiger partial charge in [-0.25, -0.2) is 4.79 Å². The second-order valence-corrected chi connectivity index (χ2v) is 4.60. The second kappa shape index (κ2) is 6.56. The molecule has 21 heavy (non-hydrogen) atoms. The number of aliphatic carboxylic acids is 1. The largest absolute Gasteiger partial charge is 0.478 e. The fraction of sp³-hybridized carbons (Fsp3) is 0.125. The zero-order valence-electron chi connectivity index (χ0n) is 11.6. The maximum Gasteiger partial charge on any atom is 0.328 e. The zero-order valence-corrected chi connectivity index (χ0v) is 11.6. The fourth-order valence-corrected chi connectivity index (χ4v) is 1.88. The molecule has 1 heterocycles. The van der Waals surface area contributed by atoms with E-state index in [9.17, 15) is 9.59 Å². The van der Waals surface area contributed by atoms with E-state index in [4.69, 9.17) is 5.11 Å². The van der Waals surface area contributed by atoms with Crippen molar-refractivity contribution < 1.29 is 14.7 Å². The van der Waals surface area contributed by atoms with Crippen molar-refractivity contribution in [2.24, 2.45) is 7.05 Å². The smallest absolute Gasteiger partial charge is 0.328 e. The predicted molar refractivity (Wildman–Crippen MR) is 79.7 cm³/mol. The van der Waals surface area contributed by atoms with E-state index in [1.807, 2.05) is 43.6 Å². The van der Waals surface area contributed by atoms with E-state index in [1.165, 1.54) is 6.08 Å². The SMILES string of the molecule is Cn1cccc1C(=O)NCc1ccc(C=CC(=O)O)cc1. The second-order valence-electron chi connectivity index (χ2n) is 4.60. The van der Waals surface area contributed by atoms with Gasteiger partial charge in [-0.2, -0.15) is 0 Å². The van der Waals surface area contributed by atoms with E-state index in [-0.39, 0.29) is 5.91 Å². The molecule has 1 aromatic heterocycles. The predicted octanol–water partition coefficient (Wildman–Crippen LogP) is 2.05. The Hall–Kier alpha value is -2.82. The first-order valence-electron chi connectivity index (χ1n) is 6.46. The highest BCUT2D eigenvalue weighted by Crippen LogP contribution is 2.07. The number of hydrogen-bond donors (Lipinski definition) is 2. The first kappa shape index (κ1) is 14.6. The third kappa shape index (κ3) is 4.07. The van der Waals surface area contributed by atoms with E-state index in [1.54, 1.807) is 10.6 Å². The number of carbonyl (C=O) groups excluding carboxylic acids is 1. The van der Waals surface area contributed by atoms with Crippen LogP contribution in [-0.4, -0.2) is 21.6 Å². The molecule has 0 aliphatic heterocycles. The molecular weight excluding hydrogens is 268 g/mol. The first-order valence-corrected chi connectivity index (χ1v) is 6.46. The number of rotatable bonds is 5. The quantitative estimate of drug-likeness (QED) is 0.825. The van der Waals surface area contributed by atoms with E-state index in [0.29, 0.717) is 12.2 Å². The molecule has 0 saturated carbocycles. The van der Waals surface area contributed by atoms with Crippen molar-refractivity contribution in [1.29, 1.82) is 0 Å². The van der Waals surface area contributed by atoms with Gasteiger partial charge < -0.3 is 15.0 Å². The van der Waals surface area contributed by atoms with Gasteiger partial charge in [-0.15, -0.1) is 0 Å². The number of nitrogens with one attached hydrogen (secondary N) is 1. The number of carboxylic acid groups (broad SMARTS) is 1. The average molecular weight is 284 g/mol. The highest BCUT2D eigenvalue weighted by Gasteiger charge is 2.07. The Labute approximate surface area is 122 Å². The lowest BCUT2D eigenvalue weighted by atomic mass is 10.1. The highest BCUT2D eigenvalue weighted by atomic mass is 16.4. The monoisotopic (exact) mass is 284 g/mol. The van der Waals surface area contributed by atoms with Gasteiger partial charge in [-0.05, 0) is 29.3 Å². The Morgan fingerprint density at radius 3 is 2.52 bits per heavy atom. The van der Waals surface area contributed by atoms with Crippen molar-refractivity contribution in [3.05, 3.63) is 65.5 Å². The van der Waals surface area contributed by atoms with Crippen molar-refractivity contribution in [2.45, 2.75) is 6.54 Å². The van der Waals surface area contributed by atoms with Crippen LogP contribution in [0.15, 0.2) is 48.7 Å². The van der Waals surface area contributed by atoms with Crippen LogP contribution in [-0.2, 0) is 18.4 Å². The number of hydrogen-bond acceptors (Lipinski definition) is 2. The van der Waals surface area contributed by atoms with E-state index in [2.05, 4.69) is 5.32 Å². The van der Waals surface area contributed by atoms with Gasteiger partial charge in [0.15, 0.2) is 0 Å². The molecule has 0 radical (unpaired) electrons. The summed E-state index contributed by atoms with van der Waals surface area (Å²) < 4.78 is 1.76. The summed E-state index contributed by atoms with van der Waals surface area (Å²) >= 11 is 0. The summed E-state index contributed by atoms with van der Waals surface area (Å²) in [4.78, 5) is 22.4. The van der Waals surface area contributed by atoms with Crippen LogP contribution in [0.25, 0.3) is 6.08 Å². The molecule has 1 amide bonds. The molecule has 0 bridgehead atoms. The molecule has 2 rings (SSSR count). The summed E-state index contributed by atoms with van der Waals surface area (Å²) in [5.74, 6) is -1.11. The molecule has 2 aromatic rings. The summed E-state index contributed by atoms with van der Waals surface area (Å²) in [5.41, 5.74) is 2.36. The normalized spacial score (nSPS) is 10.7. The van der Waals surface area contributed by atoms with Gasteiger partial charge in [0.1, 0.15) is 5.69 Å². The van der Waals surface area contributed by atoms with E-state index < -0.39 is 5.97 Å². The molecule has 0 spiro atoms. The molecule has 0 aliphatic rings. The van der Waals surface area contributed by atoms with Crippen LogP contribution >= 0.6 is 0 Å². The molecule has 1 aromatic carbocycles. The molecule has 0 aliphatic carbocycles. The minimum atomic E-state index is -0.978. The van der Waals surface area contributed by atoms with Crippen molar-refractivity contribution in [1.82, 2.24) is 9.88 Å². The number of aromatic nitrogens is 1. The maximum absolute atomic E-state index is 11.9. The number of benzene rings is 1. The molecule has 0 unspecified atom stereocenters. The van der Waals surface area contributed by atoms with Gasteiger partial charge in [0.2, 0.25) is 0 Å². The minimum Gasteiger partial charge on any atom is -0.478 e. The Bertz CT molecular complexity index is 669. The topological polar surface area (TPSA) is 71.3 Å². The van der Waals surface area contributed by atoms with Crippen molar-refractivity contribution in [3.8, 4) is 0 Å². The van der Waals surface area contributed by atoms with Crippen LogP contribution in [0.3, 0.4) is 0 Å². The number of aryl methyl sites for hydroxylation is 1. The van der Waals surface area contributed by atoms with Gasteiger partial charge in [0, 0.05) is 25.9 Å². The molecular formula is C16H16N2O3.